The standard InChI is InChI=1S/C24H22N8O2S/c1-29-10-12-30(13-11-29)19-7-6-16(14-20(19)32(33)34)26-24-27-22-8-9-25-31(22)23(28-24)18-15-35-21-5-3-2-4-17(18)21/h2-9,14-15H,10-13H2,1H3,(H,26,27). The topological polar surface area (TPSA) is 105 Å². The number of likely N-dealkylation sites (N-methyl/N-ethyl adjacent to an activating group) is 1. The Kier molecular flexibility index (Phi) is 5.27. The highest BCUT2D eigenvalue weighted by molar-refractivity contribution is 7.17. The van der Waals surface area contributed by atoms with Crippen molar-refractivity contribution in [1.82, 2.24) is 24.5 Å². The van der Waals surface area contributed by atoms with Gasteiger partial charge in [0.2, 0.25) is 5.95 Å². The molecule has 0 amide bonds. The van der Waals surface area contributed by atoms with Crippen molar-refractivity contribution in [3.8, 4) is 11.4 Å². The van der Waals surface area contributed by atoms with Gasteiger partial charge in [-0.1, -0.05) is 18.2 Å². The van der Waals surface area contributed by atoms with Gasteiger partial charge in [0.1, 0.15) is 5.69 Å². The normalized spacial score (nSPS) is 14.6. The molecule has 1 saturated heterocycles. The summed E-state index contributed by atoms with van der Waals surface area (Å²) in [6.45, 7) is 3.25. The smallest absolute Gasteiger partial charge is 0.294 e. The molecule has 0 unspecified atom stereocenters. The monoisotopic (exact) mass is 486 g/mol. The molecule has 176 valence electrons. The van der Waals surface area contributed by atoms with E-state index in [4.69, 9.17) is 4.98 Å². The summed E-state index contributed by atoms with van der Waals surface area (Å²) < 4.78 is 2.87. The molecule has 1 fully saturated rings. The maximum Gasteiger partial charge on any atom is 0.294 e. The minimum Gasteiger partial charge on any atom is -0.363 e. The Bertz CT molecular complexity index is 1550. The van der Waals surface area contributed by atoms with Crippen LogP contribution in [0.5, 0.6) is 0 Å². The fraction of sp³-hybridized carbons (Fsp3) is 0.208. The number of hydrogen-bond acceptors (Lipinski definition) is 9. The van der Waals surface area contributed by atoms with Crippen LogP contribution in [0.1, 0.15) is 0 Å². The Hall–Kier alpha value is -4.09. The van der Waals surface area contributed by atoms with Gasteiger partial charge in [0.05, 0.1) is 11.1 Å². The van der Waals surface area contributed by atoms with Crippen LogP contribution in [-0.4, -0.2) is 62.6 Å². The Labute approximate surface area is 204 Å². The molecule has 0 bridgehead atoms. The molecule has 0 spiro atoms. The van der Waals surface area contributed by atoms with Crippen molar-refractivity contribution in [2.45, 2.75) is 0 Å². The average molecular weight is 487 g/mol. The highest BCUT2D eigenvalue weighted by atomic mass is 32.1. The maximum atomic E-state index is 11.9. The van der Waals surface area contributed by atoms with E-state index in [0.717, 1.165) is 41.8 Å². The van der Waals surface area contributed by atoms with Crippen LogP contribution >= 0.6 is 11.3 Å². The van der Waals surface area contributed by atoms with Gasteiger partial charge in [0.25, 0.3) is 5.69 Å². The first-order valence-corrected chi connectivity index (χ1v) is 12.1. The highest BCUT2D eigenvalue weighted by Crippen LogP contribution is 2.35. The van der Waals surface area contributed by atoms with Crippen LogP contribution in [0.25, 0.3) is 27.1 Å². The molecule has 1 aliphatic rings. The summed E-state index contributed by atoms with van der Waals surface area (Å²) in [5, 5.41) is 22.6. The Morgan fingerprint density at radius 3 is 2.71 bits per heavy atom. The molecule has 2 aromatic carbocycles. The first-order valence-electron chi connectivity index (χ1n) is 11.2. The number of nitro benzene ring substituents is 1. The second-order valence-electron chi connectivity index (χ2n) is 8.49. The summed E-state index contributed by atoms with van der Waals surface area (Å²) in [6, 6.07) is 15.1. The van der Waals surface area contributed by atoms with Crippen molar-refractivity contribution in [3.05, 3.63) is 70.2 Å². The fourth-order valence-electron chi connectivity index (χ4n) is 4.40. The second-order valence-corrected chi connectivity index (χ2v) is 9.40. The van der Waals surface area contributed by atoms with E-state index in [9.17, 15) is 10.1 Å². The largest absolute Gasteiger partial charge is 0.363 e. The summed E-state index contributed by atoms with van der Waals surface area (Å²) in [6.07, 6.45) is 1.68. The molecule has 0 atom stereocenters. The zero-order chi connectivity index (χ0) is 23.9. The van der Waals surface area contributed by atoms with E-state index in [1.165, 1.54) is 0 Å². The number of nitro groups is 1. The van der Waals surface area contributed by atoms with Gasteiger partial charge in [-0.3, -0.25) is 10.1 Å². The summed E-state index contributed by atoms with van der Waals surface area (Å²) in [5.41, 5.74) is 2.84. The lowest BCUT2D eigenvalue weighted by Crippen LogP contribution is -2.44. The van der Waals surface area contributed by atoms with Crippen molar-refractivity contribution in [3.63, 3.8) is 0 Å². The molecule has 6 rings (SSSR count). The number of anilines is 3. The second kappa shape index (κ2) is 8.60. The first kappa shape index (κ1) is 21.4. The van der Waals surface area contributed by atoms with E-state index in [1.54, 1.807) is 34.2 Å². The molecule has 0 saturated carbocycles. The SMILES string of the molecule is CN1CCN(c2ccc(Nc3nc(-c4csc5ccccc45)n4nccc4n3)cc2[N+](=O)[O-])CC1. The molecule has 4 heterocycles. The lowest BCUT2D eigenvalue weighted by Gasteiger charge is -2.33. The van der Waals surface area contributed by atoms with Gasteiger partial charge >= 0.3 is 0 Å². The number of aromatic nitrogens is 4. The third-order valence-corrected chi connectivity index (χ3v) is 7.21. The zero-order valence-electron chi connectivity index (χ0n) is 19.0. The molecule has 1 aliphatic heterocycles. The van der Waals surface area contributed by atoms with Crippen LogP contribution in [0, 0.1) is 10.1 Å². The minimum atomic E-state index is -0.331. The van der Waals surface area contributed by atoms with Crippen molar-refractivity contribution in [1.29, 1.82) is 0 Å². The maximum absolute atomic E-state index is 11.9. The number of nitrogens with zero attached hydrogens (tertiary/aromatic N) is 7. The number of piperazine rings is 1. The number of fused-ring (bicyclic) bond motifs is 2. The van der Waals surface area contributed by atoms with Gasteiger partial charge in [0, 0.05) is 65.0 Å². The van der Waals surface area contributed by atoms with E-state index in [0.29, 0.717) is 28.8 Å². The van der Waals surface area contributed by atoms with E-state index >= 15 is 0 Å². The third-order valence-electron chi connectivity index (χ3n) is 6.25. The summed E-state index contributed by atoms with van der Waals surface area (Å²) >= 11 is 1.65. The van der Waals surface area contributed by atoms with Crippen molar-refractivity contribution >= 4 is 50.1 Å². The van der Waals surface area contributed by atoms with E-state index in [2.05, 4.69) is 49.8 Å². The molecule has 10 nitrogen and oxygen atoms in total. The Balaban J connectivity index is 1.38. The van der Waals surface area contributed by atoms with Crippen LogP contribution in [0.15, 0.2) is 60.1 Å². The zero-order valence-corrected chi connectivity index (χ0v) is 19.8. The van der Waals surface area contributed by atoms with Crippen LogP contribution in [0.2, 0.25) is 0 Å². The van der Waals surface area contributed by atoms with Crippen molar-refractivity contribution in [2.24, 2.45) is 0 Å². The predicted molar refractivity (Wildman–Crippen MR) is 138 cm³/mol. The summed E-state index contributed by atoms with van der Waals surface area (Å²) in [7, 11) is 2.06. The number of hydrogen-bond donors (Lipinski definition) is 1. The molecule has 1 N–H and O–H groups in total. The quantitative estimate of drug-likeness (QED) is 0.288. The van der Waals surface area contributed by atoms with Gasteiger partial charge in [-0.05, 0) is 25.2 Å². The fourth-order valence-corrected chi connectivity index (χ4v) is 5.34. The molecule has 35 heavy (non-hydrogen) atoms. The van der Waals surface area contributed by atoms with Crippen LogP contribution < -0.4 is 10.2 Å². The molecule has 11 heteroatoms. The number of thiophene rings is 1. The summed E-state index contributed by atoms with van der Waals surface area (Å²) in [5.74, 6) is 1.01. The van der Waals surface area contributed by atoms with Gasteiger partial charge < -0.3 is 15.1 Å². The molecular formula is C24H22N8O2S. The lowest BCUT2D eigenvalue weighted by molar-refractivity contribution is -0.384. The summed E-state index contributed by atoms with van der Waals surface area (Å²) in [4.78, 5) is 25.2. The minimum absolute atomic E-state index is 0.0639. The molecule has 0 aliphatic carbocycles. The number of benzene rings is 2. The molecular weight excluding hydrogens is 464 g/mol. The van der Waals surface area contributed by atoms with E-state index in [-0.39, 0.29) is 10.6 Å². The van der Waals surface area contributed by atoms with E-state index < -0.39 is 0 Å². The first-order chi connectivity index (χ1) is 17.1. The van der Waals surface area contributed by atoms with E-state index in [1.807, 2.05) is 24.3 Å². The molecule has 0 radical (unpaired) electrons. The van der Waals surface area contributed by atoms with Crippen LogP contribution in [-0.2, 0) is 0 Å². The Morgan fingerprint density at radius 1 is 1.06 bits per heavy atom. The average Bonchev–Trinajstić information content (AvgIpc) is 3.51. The van der Waals surface area contributed by atoms with Crippen LogP contribution in [0.3, 0.4) is 0 Å². The number of rotatable bonds is 5. The number of nitrogens with one attached hydrogen (secondary N) is 1. The Morgan fingerprint density at radius 2 is 1.89 bits per heavy atom. The predicted octanol–water partition coefficient (Wildman–Crippen LogP) is 4.41. The van der Waals surface area contributed by atoms with Crippen molar-refractivity contribution in [2.75, 3.05) is 43.4 Å². The molecule has 3 aromatic heterocycles. The van der Waals surface area contributed by atoms with Crippen LogP contribution in [0.4, 0.5) is 23.0 Å². The third kappa shape index (κ3) is 3.94. The highest BCUT2D eigenvalue weighted by Gasteiger charge is 2.23. The van der Waals surface area contributed by atoms with Gasteiger partial charge in [0.15, 0.2) is 11.5 Å². The lowest BCUT2D eigenvalue weighted by atomic mass is 10.1. The van der Waals surface area contributed by atoms with Gasteiger partial charge in [-0.15, -0.1) is 11.3 Å². The molecule has 5 aromatic rings. The van der Waals surface area contributed by atoms with Crippen molar-refractivity contribution < 1.29 is 4.92 Å². The van der Waals surface area contributed by atoms with Gasteiger partial charge in [-0.2, -0.15) is 19.6 Å². The van der Waals surface area contributed by atoms with Gasteiger partial charge in [-0.25, -0.2) is 0 Å².